The van der Waals surface area contributed by atoms with E-state index in [1.54, 1.807) is 12.1 Å². The molecule has 0 unspecified atom stereocenters. The fourth-order valence-electron chi connectivity index (χ4n) is 1.81. The van der Waals surface area contributed by atoms with Gasteiger partial charge in [0.05, 0.1) is 11.9 Å². The number of rotatable bonds is 1. The molecule has 6 nitrogen and oxygen atoms in total. The lowest BCUT2D eigenvalue weighted by Gasteiger charge is -2.18. The number of nitrogens with two attached hydrogens (primary N) is 1. The summed E-state index contributed by atoms with van der Waals surface area (Å²) in [5.41, 5.74) is 6.91. The number of nitrogen functional groups attached to an aromatic ring is 1. The number of nitrogens with zero attached hydrogens (tertiary/aromatic N) is 3. The van der Waals surface area contributed by atoms with Gasteiger partial charge in [0, 0.05) is 6.07 Å². The molecule has 1 aliphatic heterocycles. The molecule has 2 aromatic rings. The van der Waals surface area contributed by atoms with Crippen LogP contribution in [0.2, 0.25) is 0 Å². The van der Waals surface area contributed by atoms with E-state index in [-0.39, 0.29) is 0 Å². The van der Waals surface area contributed by atoms with E-state index in [1.807, 2.05) is 12.1 Å². The number of hydrogen-bond donors (Lipinski definition) is 1. The van der Waals surface area contributed by atoms with Crippen LogP contribution in [0.25, 0.3) is 5.69 Å². The Balaban J connectivity index is 2.07. The van der Waals surface area contributed by atoms with Crippen molar-refractivity contribution in [2.24, 2.45) is 0 Å². The highest BCUT2D eigenvalue weighted by Crippen LogP contribution is 2.32. The van der Waals surface area contributed by atoms with Gasteiger partial charge in [0.1, 0.15) is 30.7 Å². The Morgan fingerprint density at radius 3 is 2.78 bits per heavy atom. The third-order valence-corrected chi connectivity index (χ3v) is 2.70. The van der Waals surface area contributed by atoms with Gasteiger partial charge >= 0.3 is 0 Å². The number of aromatic nitrogens is 2. The lowest BCUT2D eigenvalue weighted by molar-refractivity contribution is 0.171. The third-order valence-electron chi connectivity index (χ3n) is 2.70. The van der Waals surface area contributed by atoms with Gasteiger partial charge in [-0.1, -0.05) is 0 Å². The second kappa shape index (κ2) is 3.96. The summed E-state index contributed by atoms with van der Waals surface area (Å²) in [5, 5.41) is 12.9. The zero-order valence-electron chi connectivity index (χ0n) is 9.46. The van der Waals surface area contributed by atoms with Crippen LogP contribution in [0.15, 0.2) is 24.4 Å². The number of ether oxygens (including phenoxy) is 2. The summed E-state index contributed by atoms with van der Waals surface area (Å²) in [6.45, 7) is 1.07. The molecule has 0 aliphatic carbocycles. The van der Waals surface area contributed by atoms with Crippen molar-refractivity contribution in [3.05, 3.63) is 30.0 Å². The summed E-state index contributed by atoms with van der Waals surface area (Å²) in [5.74, 6) is 1.68. The molecule has 0 bridgehead atoms. The summed E-state index contributed by atoms with van der Waals surface area (Å²) in [4.78, 5) is 0. The van der Waals surface area contributed by atoms with Gasteiger partial charge in [-0.2, -0.15) is 10.4 Å². The van der Waals surface area contributed by atoms with Gasteiger partial charge in [-0.3, -0.25) is 0 Å². The Morgan fingerprint density at radius 2 is 2.06 bits per heavy atom. The normalized spacial score (nSPS) is 13.1. The third kappa shape index (κ3) is 1.53. The Bertz CT molecular complexity index is 642. The molecule has 0 fully saturated rings. The minimum atomic E-state index is 0.314. The van der Waals surface area contributed by atoms with Crippen LogP contribution in [0, 0.1) is 11.3 Å². The standard InChI is InChI=1S/C12H10N4O2/c13-6-8-7-15-16(12(8)14)9-1-2-10-11(5-9)18-4-3-17-10/h1-2,5,7H,3-4,14H2. The van der Waals surface area contributed by atoms with Crippen molar-refractivity contribution in [3.63, 3.8) is 0 Å². The van der Waals surface area contributed by atoms with Crippen LogP contribution >= 0.6 is 0 Å². The highest BCUT2D eigenvalue weighted by molar-refractivity contribution is 5.56. The predicted molar refractivity (Wildman–Crippen MR) is 63.7 cm³/mol. The zero-order chi connectivity index (χ0) is 12.5. The van der Waals surface area contributed by atoms with E-state index in [1.165, 1.54) is 10.9 Å². The van der Waals surface area contributed by atoms with E-state index in [2.05, 4.69) is 5.10 Å². The molecule has 1 aromatic heterocycles. The molecule has 0 spiro atoms. The second-order valence-electron chi connectivity index (χ2n) is 3.80. The van der Waals surface area contributed by atoms with Gasteiger partial charge in [0.25, 0.3) is 0 Å². The molecule has 2 N–H and O–H groups in total. The van der Waals surface area contributed by atoms with Crippen molar-refractivity contribution in [2.75, 3.05) is 18.9 Å². The van der Waals surface area contributed by atoms with Crippen LogP contribution < -0.4 is 15.2 Å². The first kappa shape index (κ1) is 10.5. The number of benzene rings is 1. The first-order chi connectivity index (χ1) is 8.79. The van der Waals surface area contributed by atoms with Gasteiger partial charge in [0.15, 0.2) is 11.5 Å². The molecule has 90 valence electrons. The number of fused-ring (bicyclic) bond motifs is 1. The minimum absolute atomic E-state index is 0.314. The predicted octanol–water partition coefficient (Wildman–Crippen LogP) is 1.10. The Morgan fingerprint density at radius 1 is 1.28 bits per heavy atom. The fourth-order valence-corrected chi connectivity index (χ4v) is 1.81. The number of anilines is 1. The zero-order valence-corrected chi connectivity index (χ0v) is 9.46. The van der Waals surface area contributed by atoms with Crippen LogP contribution in [0.1, 0.15) is 5.56 Å². The van der Waals surface area contributed by atoms with E-state index in [9.17, 15) is 0 Å². The van der Waals surface area contributed by atoms with Gasteiger partial charge in [-0.25, -0.2) is 4.68 Å². The maximum absolute atomic E-state index is 8.84. The fraction of sp³-hybridized carbons (Fsp3) is 0.167. The maximum atomic E-state index is 8.84. The average Bonchev–Trinajstić information content (AvgIpc) is 2.79. The molecule has 2 heterocycles. The maximum Gasteiger partial charge on any atom is 0.163 e. The van der Waals surface area contributed by atoms with E-state index in [4.69, 9.17) is 20.5 Å². The molecule has 3 rings (SSSR count). The molecule has 0 saturated carbocycles. The molecule has 0 saturated heterocycles. The highest BCUT2D eigenvalue weighted by Gasteiger charge is 2.14. The van der Waals surface area contributed by atoms with Crippen LogP contribution in [0.4, 0.5) is 5.82 Å². The molecule has 0 amide bonds. The van der Waals surface area contributed by atoms with Crippen molar-refractivity contribution in [2.45, 2.75) is 0 Å². The summed E-state index contributed by atoms with van der Waals surface area (Å²) in [7, 11) is 0. The second-order valence-corrected chi connectivity index (χ2v) is 3.80. The van der Waals surface area contributed by atoms with Crippen LogP contribution in [0.5, 0.6) is 11.5 Å². The van der Waals surface area contributed by atoms with Crippen molar-refractivity contribution < 1.29 is 9.47 Å². The average molecular weight is 242 g/mol. The summed E-state index contributed by atoms with van der Waals surface area (Å²) >= 11 is 0. The Labute approximate surface area is 103 Å². The summed E-state index contributed by atoms with van der Waals surface area (Å²) < 4.78 is 12.4. The van der Waals surface area contributed by atoms with Crippen LogP contribution in [-0.4, -0.2) is 23.0 Å². The van der Waals surface area contributed by atoms with Gasteiger partial charge < -0.3 is 15.2 Å². The lowest BCUT2D eigenvalue weighted by Crippen LogP contribution is -2.15. The van der Waals surface area contributed by atoms with E-state index in [0.717, 1.165) is 5.69 Å². The highest BCUT2D eigenvalue weighted by atomic mass is 16.6. The smallest absolute Gasteiger partial charge is 0.163 e. The monoisotopic (exact) mass is 242 g/mol. The molecule has 0 radical (unpaired) electrons. The van der Waals surface area contributed by atoms with E-state index < -0.39 is 0 Å². The largest absolute Gasteiger partial charge is 0.486 e. The Kier molecular flexibility index (Phi) is 2.31. The molecule has 1 aromatic carbocycles. The SMILES string of the molecule is N#Cc1cnn(-c2ccc3c(c2)OCCO3)c1N. The lowest BCUT2D eigenvalue weighted by atomic mass is 10.2. The topological polar surface area (TPSA) is 86.1 Å². The minimum Gasteiger partial charge on any atom is -0.486 e. The molecule has 6 heteroatoms. The first-order valence-electron chi connectivity index (χ1n) is 5.43. The van der Waals surface area contributed by atoms with Gasteiger partial charge in [0.2, 0.25) is 0 Å². The molecule has 18 heavy (non-hydrogen) atoms. The van der Waals surface area contributed by atoms with Crippen molar-refractivity contribution in [1.82, 2.24) is 9.78 Å². The molecule has 0 atom stereocenters. The van der Waals surface area contributed by atoms with Crippen molar-refractivity contribution >= 4 is 5.82 Å². The first-order valence-corrected chi connectivity index (χ1v) is 5.43. The molecular formula is C12H10N4O2. The van der Waals surface area contributed by atoms with E-state index in [0.29, 0.717) is 36.1 Å². The van der Waals surface area contributed by atoms with Crippen molar-refractivity contribution in [3.8, 4) is 23.3 Å². The summed E-state index contributed by atoms with van der Waals surface area (Å²) in [6, 6.07) is 7.39. The Hall–Kier alpha value is -2.68. The van der Waals surface area contributed by atoms with Crippen LogP contribution in [-0.2, 0) is 0 Å². The van der Waals surface area contributed by atoms with E-state index >= 15 is 0 Å². The van der Waals surface area contributed by atoms with Gasteiger partial charge in [-0.15, -0.1) is 0 Å². The van der Waals surface area contributed by atoms with Gasteiger partial charge in [-0.05, 0) is 12.1 Å². The molecular weight excluding hydrogens is 232 g/mol. The van der Waals surface area contributed by atoms with Crippen LogP contribution in [0.3, 0.4) is 0 Å². The summed E-state index contributed by atoms with van der Waals surface area (Å²) in [6.07, 6.45) is 1.44. The quantitative estimate of drug-likeness (QED) is 0.809. The number of hydrogen-bond acceptors (Lipinski definition) is 5. The van der Waals surface area contributed by atoms with Crippen molar-refractivity contribution in [1.29, 1.82) is 5.26 Å². The number of nitriles is 1. The molecule has 1 aliphatic rings.